The molecule has 41 heavy (non-hydrogen) atoms. The zero-order valence-corrected chi connectivity index (χ0v) is 23.7. The number of rotatable bonds is 5. The normalized spacial score (nSPS) is 13.7. The lowest BCUT2D eigenvalue weighted by atomic mass is 9.89. The summed E-state index contributed by atoms with van der Waals surface area (Å²) in [6, 6.07) is 13.1. The van der Waals surface area contributed by atoms with Crippen LogP contribution in [0.2, 0.25) is 0 Å². The Bertz CT molecular complexity index is 1560. The summed E-state index contributed by atoms with van der Waals surface area (Å²) in [7, 11) is 1.45. The van der Waals surface area contributed by atoms with Crippen molar-refractivity contribution in [2.24, 2.45) is 0 Å². The molecular formula is C31H32FN5O4. The summed E-state index contributed by atoms with van der Waals surface area (Å²) in [5.74, 6) is -0.0711. The number of nitriles is 2. The minimum atomic E-state index is -0.706. The first-order valence-corrected chi connectivity index (χ1v) is 13.2. The van der Waals surface area contributed by atoms with Crippen LogP contribution in [0.4, 0.5) is 15.0 Å². The predicted molar refractivity (Wildman–Crippen MR) is 152 cm³/mol. The Kier molecular flexibility index (Phi) is 8.34. The molecule has 4 rings (SSSR count). The zero-order chi connectivity index (χ0) is 29.9. The number of alkyl carbamates (subject to hydrolysis) is 1. The molecule has 1 saturated heterocycles. The number of aromatic hydroxyl groups is 1. The van der Waals surface area contributed by atoms with Crippen LogP contribution in [0, 0.1) is 35.4 Å². The van der Waals surface area contributed by atoms with Gasteiger partial charge in [0.25, 0.3) is 0 Å². The van der Waals surface area contributed by atoms with Gasteiger partial charge < -0.3 is 24.8 Å². The molecular weight excluding hydrogens is 525 g/mol. The average molecular weight is 558 g/mol. The van der Waals surface area contributed by atoms with Gasteiger partial charge in [-0.1, -0.05) is 12.1 Å². The highest BCUT2D eigenvalue weighted by Crippen LogP contribution is 2.43. The Balaban J connectivity index is 1.78. The number of carbonyl (C=O) groups is 1. The van der Waals surface area contributed by atoms with E-state index in [0.717, 1.165) is 0 Å². The lowest BCUT2D eigenvalue weighted by Crippen LogP contribution is -2.46. The number of benzene rings is 2. The number of phenolic OH excluding ortho intramolecular Hbond substituents is 1. The van der Waals surface area contributed by atoms with Gasteiger partial charge in [0.2, 0.25) is 0 Å². The molecule has 9 nitrogen and oxygen atoms in total. The van der Waals surface area contributed by atoms with Crippen molar-refractivity contribution in [1.29, 1.82) is 10.5 Å². The number of amides is 1. The maximum atomic E-state index is 14.8. The van der Waals surface area contributed by atoms with E-state index < -0.39 is 17.5 Å². The van der Waals surface area contributed by atoms with E-state index in [1.165, 1.54) is 25.3 Å². The van der Waals surface area contributed by atoms with E-state index in [0.29, 0.717) is 59.7 Å². The fourth-order valence-electron chi connectivity index (χ4n) is 4.98. The number of methoxy groups -OCH3 is 1. The highest BCUT2D eigenvalue weighted by atomic mass is 19.1. The van der Waals surface area contributed by atoms with Gasteiger partial charge >= 0.3 is 6.09 Å². The van der Waals surface area contributed by atoms with Gasteiger partial charge in [-0.05, 0) is 75.9 Å². The van der Waals surface area contributed by atoms with Crippen LogP contribution >= 0.6 is 0 Å². The number of aromatic nitrogens is 1. The largest absolute Gasteiger partial charge is 0.504 e. The molecule has 3 aromatic rings. The summed E-state index contributed by atoms with van der Waals surface area (Å²) < 4.78 is 25.4. The van der Waals surface area contributed by atoms with E-state index in [1.54, 1.807) is 45.9 Å². The van der Waals surface area contributed by atoms with Crippen LogP contribution in [0.5, 0.6) is 11.5 Å². The first kappa shape index (κ1) is 29.2. The average Bonchev–Trinajstić information content (AvgIpc) is 2.91. The van der Waals surface area contributed by atoms with E-state index in [4.69, 9.17) is 14.5 Å². The minimum Gasteiger partial charge on any atom is -0.504 e. The number of ether oxygens (including phenoxy) is 2. The molecule has 2 aromatic carbocycles. The third kappa shape index (κ3) is 6.33. The molecule has 0 aliphatic carbocycles. The molecule has 10 heteroatoms. The van der Waals surface area contributed by atoms with Crippen molar-refractivity contribution in [3.8, 4) is 45.9 Å². The molecule has 0 bridgehead atoms. The Hall–Kier alpha value is -4.83. The summed E-state index contributed by atoms with van der Waals surface area (Å²) >= 11 is 0. The van der Waals surface area contributed by atoms with Gasteiger partial charge in [0.1, 0.15) is 34.9 Å². The molecule has 0 saturated carbocycles. The van der Waals surface area contributed by atoms with Crippen molar-refractivity contribution in [2.75, 3.05) is 25.1 Å². The maximum absolute atomic E-state index is 14.8. The number of hydrogen-bond acceptors (Lipinski definition) is 8. The summed E-state index contributed by atoms with van der Waals surface area (Å²) in [6.07, 6.45) is 0.749. The van der Waals surface area contributed by atoms with Crippen molar-refractivity contribution >= 4 is 11.9 Å². The quantitative estimate of drug-likeness (QED) is 0.402. The van der Waals surface area contributed by atoms with Crippen LogP contribution in [-0.2, 0) is 4.74 Å². The van der Waals surface area contributed by atoms with E-state index in [1.807, 2.05) is 11.0 Å². The van der Waals surface area contributed by atoms with Crippen molar-refractivity contribution in [1.82, 2.24) is 10.3 Å². The number of aryl methyl sites for hydroxylation is 1. The van der Waals surface area contributed by atoms with Crippen molar-refractivity contribution in [3.63, 3.8) is 0 Å². The summed E-state index contributed by atoms with van der Waals surface area (Å²) in [5, 5.41) is 33.1. The number of phenols is 1. The molecule has 1 fully saturated rings. The summed E-state index contributed by atoms with van der Waals surface area (Å²) in [6.45, 7) is 8.25. The zero-order valence-electron chi connectivity index (χ0n) is 23.7. The smallest absolute Gasteiger partial charge is 0.407 e. The molecule has 2 heterocycles. The second-order valence-corrected chi connectivity index (χ2v) is 10.9. The maximum Gasteiger partial charge on any atom is 0.407 e. The molecule has 0 atom stereocenters. The monoisotopic (exact) mass is 557 g/mol. The summed E-state index contributed by atoms with van der Waals surface area (Å²) in [4.78, 5) is 19.1. The Labute approximate surface area is 238 Å². The SMILES string of the molecule is COc1ccc(-c2c(C)nc(N3CCC(NC(=O)OC(C)(C)C)CC3)c(C#N)c2-c2ccc(C#N)c(F)c2)cc1O. The van der Waals surface area contributed by atoms with Crippen LogP contribution < -0.4 is 15.0 Å². The van der Waals surface area contributed by atoms with Crippen molar-refractivity contribution in [2.45, 2.75) is 52.2 Å². The van der Waals surface area contributed by atoms with Crippen molar-refractivity contribution in [3.05, 3.63) is 59.0 Å². The fraction of sp³-hybridized carbons (Fsp3) is 0.355. The lowest BCUT2D eigenvalue weighted by molar-refractivity contribution is 0.0497. The molecule has 212 valence electrons. The van der Waals surface area contributed by atoms with Gasteiger partial charge in [0.05, 0.1) is 12.7 Å². The van der Waals surface area contributed by atoms with Crippen LogP contribution in [0.25, 0.3) is 22.3 Å². The number of halogens is 1. The third-order valence-electron chi connectivity index (χ3n) is 6.83. The third-order valence-corrected chi connectivity index (χ3v) is 6.83. The second kappa shape index (κ2) is 11.7. The van der Waals surface area contributed by atoms with Crippen LogP contribution in [0.1, 0.15) is 50.4 Å². The molecule has 1 aliphatic rings. The molecule has 1 aliphatic heterocycles. The van der Waals surface area contributed by atoms with Gasteiger partial charge in [-0.25, -0.2) is 14.2 Å². The van der Waals surface area contributed by atoms with Crippen LogP contribution in [-0.4, -0.2) is 48.0 Å². The van der Waals surface area contributed by atoms with E-state index >= 15 is 0 Å². The van der Waals surface area contributed by atoms with E-state index in [2.05, 4.69) is 11.4 Å². The van der Waals surface area contributed by atoms with Gasteiger partial charge in [0, 0.05) is 36.0 Å². The number of nitrogens with one attached hydrogen (secondary N) is 1. The van der Waals surface area contributed by atoms with Crippen LogP contribution in [0.3, 0.4) is 0 Å². The number of piperidine rings is 1. The minimum absolute atomic E-state index is 0.0940. The van der Waals surface area contributed by atoms with Gasteiger partial charge in [0.15, 0.2) is 11.5 Å². The van der Waals surface area contributed by atoms with Gasteiger partial charge in [-0.3, -0.25) is 0 Å². The number of carbonyl (C=O) groups excluding carboxylic acids is 1. The number of pyridine rings is 1. The standard InChI is InChI=1S/C31H32FN5O4/c1-18-27(20-8-9-26(40-5)25(38)15-20)28(19-6-7-21(16-33)24(32)14-19)23(17-34)29(35-18)37-12-10-22(11-13-37)36-30(39)41-31(2,3)4/h6-9,14-15,22,38H,10-13H2,1-5H3,(H,36,39). The van der Waals surface area contributed by atoms with Gasteiger partial charge in [-0.15, -0.1) is 0 Å². The topological polar surface area (TPSA) is 131 Å². The molecule has 1 aromatic heterocycles. The fourth-order valence-corrected chi connectivity index (χ4v) is 4.98. The number of anilines is 1. The molecule has 0 radical (unpaired) electrons. The first-order valence-electron chi connectivity index (χ1n) is 13.2. The number of nitrogens with zero attached hydrogens (tertiary/aromatic N) is 4. The predicted octanol–water partition coefficient (Wildman–Crippen LogP) is 5.81. The highest BCUT2D eigenvalue weighted by molar-refractivity contribution is 5.92. The highest BCUT2D eigenvalue weighted by Gasteiger charge is 2.29. The Morgan fingerprint density at radius 2 is 1.76 bits per heavy atom. The summed E-state index contributed by atoms with van der Waals surface area (Å²) in [5.41, 5.74) is 2.05. The van der Waals surface area contributed by atoms with Crippen LogP contribution in [0.15, 0.2) is 36.4 Å². The van der Waals surface area contributed by atoms with E-state index in [-0.39, 0.29) is 28.7 Å². The number of hydrogen-bond donors (Lipinski definition) is 2. The van der Waals surface area contributed by atoms with Crippen molar-refractivity contribution < 1.29 is 23.8 Å². The molecule has 2 N–H and O–H groups in total. The molecule has 0 unspecified atom stereocenters. The lowest BCUT2D eigenvalue weighted by Gasteiger charge is -2.34. The van der Waals surface area contributed by atoms with Gasteiger partial charge in [-0.2, -0.15) is 10.5 Å². The second-order valence-electron chi connectivity index (χ2n) is 10.9. The Morgan fingerprint density at radius 1 is 1.10 bits per heavy atom. The molecule has 1 amide bonds. The Morgan fingerprint density at radius 3 is 2.32 bits per heavy atom. The first-order chi connectivity index (χ1) is 19.4. The molecule has 0 spiro atoms. The van der Waals surface area contributed by atoms with E-state index in [9.17, 15) is 24.8 Å².